The molecular formula is C53H95NO18. The van der Waals surface area contributed by atoms with Crippen molar-refractivity contribution in [2.75, 3.05) is 26.4 Å². The monoisotopic (exact) mass is 1030 g/mol. The molecule has 17 atom stereocenters. The highest BCUT2D eigenvalue weighted by molar-refractivity contribution is 5.76. The predicted octanol–water partition coefficient (Wildman–Crippen LogP) is 2.98. The van der Waals surface area contributed by atoms with Crippen molar-refractivity contribution in [3.8, 4) is 0 Å². The molecule has 3 saturated heterocycles. The van der Waals surface area contributed by atoms with Gasteiger partial charge in [-0.1, -0.05) is 140 Å². The van der Waals surface area contributed by atoms with Crippen molar-refractivity contribution in [1.82, 2.24) is 5.32 Å². The van der Waals surface area contributed by atoms with Crippen LogP contribution in [0, 0.1) is 0 Å². The lowest BCUT2D eigenvalue weighted by atomic mass is 9.96. The Labute approximate surface area is 428 Å². The summed E-state index contributed by atoms with van der Waals surface area (Å²) in [6, 6.07) is -0.986. The molecule has 0 aromatic carbocycles. The lowest BCUT2D eigenvalue weighted by molar-refractivity contribution is -0.379. The lowest BCUT2D eigenvalue weighted by Crippen LogP contribution is -2.66. The molecule has 12 N–H and O–H groups in total. The molecule has 3 aliphatic rings. The summed E-state index contributed by atoms with van der Waals surface area (Å²) in [6.45, 7) is 1.58. The van der Waals surface area contributed by atoms with Crippen molar-refractivity contribution in [2.45, 2.75) is 266 Å². The van der Waals surface area contributed by atoms with Gasteiger partial charge in [-0.3, -0.25) is 4.79 Å². The maximum Gasteiger partial charge on any atom is 0.220 e. The highest BCUT2D eigenvalue weighted by atomic mass is 16.8. The molecule has 0 bridgehead atoms. The van der Waals surface area contributed by atoms with Crippen molar-refractivity contribution >= 4 is 5.91 Å². The van der Waals surface area contributed by atoms with E-state index in [4.69, 9.17) is 28.4 Å². The molecule has 19 heteroatoms. The van der Waals surface area contributed by atoms with Crippen LogP contribution in [0.2, 0.25) is 0 Å². The zero-order valence-electron chi connectivity index (χ0n) is 43.1. The first-order valence-electron chi connectivity index (χ1n) is 27.2. The van der Waals surface area contributed by atoms with E-state index in [9.17, 15) is 61.0 Å². The highest BCUT2D eigenvalue weighted by Crippen LogP contribution is 2.33. The largest absolute Gasteiger partial charge is 0.394 e. The molecule has 3 aliphatic heterocycles. The summed E-state index contributed by atoms with van der Waals surface area (Å²) < 4.78 is 34.1. The van der Waals surface area contributed by atoms with Crippen molar-refractivity contribution in [1.29, 1.82) is 0 Å². The summed E-state index contributed by atoms with van der Waals surface area (Å²) >= 11 is 0. The maximum atomic E-state index is 13.2. The Morgan fingerprint density at radius 1 is 0.486 bits per heavy atom. The minimum Gasteiger partial charge on any atom is -0.394 e. The molecule has 0 aromatic heterocycles. The van der Waals surface area contributed by atoms with E-state index < -0.39 is 124 Å². The molecule has 0 saturated carbocycles. The van der Waals surface area contributed by atoms with Crippen molar-refractivity contribution in [3.63, 3.8) is 0 Å². The lowest BCUT2D eigenvalue weighted by Gasteiger charge is -2.48. The first-order valence-corrected chi connectivity index (χ1v) is 27.2. The second-order valence-electron chi connectivity index (χ2n) is 19.7. The summed E-state index contributed by atoms with van der Waals surface area (Å²) in [7, 11) is 0. The van der Waals surface area contributed by atoms with E-state index >= 15 is 0 Å². The van der Waals surface area contributed by atoms with Crippen LogP contribution < -0.4 is 5.32 Å². The number of ether oxygens (including phenoxy) is 6. The fraction of sp³-hybridized carbons (Fsp3) is 0.868. The van der Waals surface area contributed by atoms with Gasteiger partial charge in [-0.25, -0.2) is 0 Å². The van der Waals surface area contributed by atoms with Gasteiger partial charge in [0.15, 0.2) is 18.9 Å². The summed E-state index contributed by atoms with van der Waals surface area (Å²) in [6.07, 6.45) is 10.3. The van der Waals surface area contributed by atoms with Crippen LogP contribution in [-0.4, -0.2) is 193 Å². The summed E-state index contributed by atoms with van der Waals surface area (Å²) in [4.78, 5) is 13.2. The Morgan fingerprint density at radius 3 is 1.43 bits per heavy atom. The molecule has 0 aromatic rings. The molecule has 19 nitrogen and oxygen atoms in total. The quantitative estimate of drug-likeness (QED) is 0.0313. The van der Waals surface area contributed by atoms with E-state index in [-0.39, 0.29) is 18.9 Å². The third-order valence-corrected chi connectivity index (χ3v) is 13.7. The number of aliphatic hydroxyl groups excluding tert-OH is 11. The minimum absolute atomic E-state index is 0.232. The Morgan fingerprint density at radius 2 is 0.903 bits per heavy atom. The number of amides is 1. The normalized spacial score (nSPS) is 32.3. The molecular weight excluding hydrogens is 939 g/mol. The number of hydrogen-bond acceptors (Lipinski definition) is 18. The van der Waals surface area contributed by atoms with Crippen LogP contribution in [0.15, 0.2) is 36.5 Å². The van der Waals surface area contributed by atoms with E-state index in [0.29, 0.717) is 12.8 Å². The number of carbonyl (C=O) groups is 1. The molecule has 17 unspecified atom stereocenters. The molecule has 3 heterocycles. The Bertz CT molecular complexity index is 1470. The number of unbranched alkanes of at least 4 members (excludes halogenated alkanes) is 18. The van der Waals surface area contributed by atoms with Crippen LogP contribution in [0.3, 0.4) is 0 Å². The number of aliphatic hydroxyl groups is 11. The molecule has 420 valence electrons. The first-order chi connectivity index (χ1) is 34.8. The number of allylic oxidation sites excluding steroid dienone is 5. The third kappa shape index (κ3) is 22.7. The topological polar surface area (TPSA) is 307 Å². The van der Waals surface area contributed by atoms with Crippen molar-refractivity contribution in [2.24, 2.45) is 0 Å². The van der Waals surface area contributed by atoms with Gasteiger partial charge in [0.25, 0.3) is 0 Å². The Balaban J connectivity index is 1.49. The van der Waals surface area contributed by atoms with E-state index in [1.54, 1.807) is 6.08 Å². The fourth-order valence-electron chi connectivity index (χ4n) is 9.07. The van der Waals surface area contributed by atoms with Gasteiger partial charge in [0.1, 0.15) is 73.2 Å². The highest BCUT2D eigenvalue weighted by Gasteiger charge is 2.53. The van der Waals surface area contributed by atoms with Crippen LogP contribution >= 0.6 is 0 Å². The molecule has 0 radical (unpaired) electrons. The van der Waals surface area contributed by atoms with Crippen LogP contribution in [0.5, 0.6) is 0 Å². The first kappa shape index (κ1) is 64.3. The number of hydrogen-bond donors (Lipinski definition) is 12. The summed E-state index contributed by atoms with van der Waals surface area (Å²) in [5, 5.41) is 119. The van der Waals surface area contributed by atoms with Gasteiger partial charge in [-0.05, 0) is 51.4 Å². The SMILES string of the molecule is CCCC/C=C/CC/C=C/C(O)C(COC1OC(CO)C(OC2OC(CO)C(OC3OC(CO)C(O)C(O)C3O)C(O)C2O)C(O)C1O)NC(=O)CCCCCCCCCCC/C=C\CCCCCCCC. The molecule has 72 heavy (non-hydrogen) atoms. The smallest absolute Gasteiger partial charge is 0.220 e. The van der Waals surface area contributed by atoms with Gasteiger partial charge in [0.2, 0.25) is 5.91 Å². The molecule has 1 amide bonds. The van der Waals surface area contributed by atoms with Crippen LogP contribution in [0.25, 0.3) is 0 Å². The number of rotatable bonds is 38. The average molecular weight is 1030 g/mol. The molecule has 3 fully saturated rings. The zero-order valence-corrected chi connectivity index (χ0v) is 43.1. The van der Waals surface area contributed by atoms with Gasteiger partial charge < -0.3 is 89.9 Å². The molecule has 0 aliphatic carbocycles. The van der Waals surface area contributed by atoms with Crippen LogP contribution in [0.1, 0.15) is 162 Å². The minimum atomic E-state index is -1.98. The Hall–Kier alpha value is -1.99. The maximum absolute atomic E-state index is 13.2. The van der Waals surface area contributed by atoms with Crippen molar-refractivity contribution in [3.05, 3.63) is 36.5 Å². The van der Waals surface area contributed by atoms with Crippen molar-refractivity contribution < 1.29 is 89.4 Å². The molecule has 0 spiro atoms. The predicted molar refractivity (Wildman–Crippen MR) is 268 cm³/mol. The van der Waals surface area contributed by atoms with Crippen LogP contribution in [-0.2, 0) is 33.2 Å². The van der Waals surface area contributed by atoms with Gasteiger partial charge >= 0.3 is 0 Å². The number of nitrogens with one attached hydrogen (secondary N) is 1. The average Bonchev–Trinajstić information content (AvgIpc) is 3.37. The van der Waals surface area contributed by atoms with E-state index in [1.807, 2.05) is 6.08 Å². The van der Waals surface area contributed by atoms with E-state index in [1.165, 1.54) is 70.6 Å². The van der Waals surface area contributed by atoms with E-state index in [0.717, 1.165) is 57.8 Å². The number of carbonyl (C=O) groups excluding carboxylic acids is 1. The fourth-order valence-corrected chi connectivity index (χ4v) is 9.07. The van der Waals surface area contributed by atoms with Gasteiger partial charge in [0, 0.05) is 6.42 Å². The Kier molecular flexibility index (Phi) is 33.7. The summed E-state index contributed by atoms with van der Waals surface area (Å²) in [5.74, 6) is -0.294. The van der Waals surface area contributed by atoms with Gasteiger partial charge in [-0.2, -0.15) is 0 Å². The standard InChI is InChI=1S/C53H95NO18/c1-3-5-7-9-11-13-14-15-16-17-18-19-20-21-22-23-25-27-29-31-41(59)54-36(37(58)30-28-26-24-12-10-8-6-4-2)35-67-51-47(65)44(62)49(39(33-56)69-51)72-53-48(66)45(63)50(40(34-57)70-53)71-52-46(64)43(61)42(60)38(32-55)68-52/h10,12,15-16,28,30,36-40,42-53,55-58,60-66H,3-9,11,13-14,17-27,29,31-35H2,1-2H3,(H,54,59)/b12-10+,16-15-,30-28+. The second kappa shape index (κ2) is 37.7. The third-order valence-electron chi connectivity index (χ3n) is 13.7. The summed E-state index contributed by atoms with van der Waals surface area (Å²) in [5.41, 5.74) is 0. The zero-order chi connectivity index (χ0) is 52.7. The van der Waals surface area contributed by atoms with Gasteiger partial charge in [-0.15, -0.1) is 0 Å². The van der Waals surface area contributed by atoms with Crippen LogP contribution in [0.4, 0.5) is 0 Å². The van der Waals surface area contributed by atoms with E-state index in [2.05, 4.69) is 43.5 Å². The molecule has 3 rings (SSSR count). The second-order valence-corrected chi connectivity index (χ2v) is 19.7. The van der Waals surface area contributed by atoms with Gasteiger partial charge in [0.05, 0.1) is 38.6 Å².